The van der Waals surface area contributed by atoms with Crippen molar-refractivity contribution in [3.63, 3.8) is 0 Å². The van der Waals surface area contributed by atoms with Gasteiger partial charge in [-0.05, 0) is 19.3 Å². The molecule has 68 heavy (non-hydrogen) atoms. The Labute approximate surface area is 434 Å². The van der Waals surface area contributed by atoms with Crippen LogP contribution in [0.25, 0.3) is 0 Å². The average Bonchev–Trinajstić information content (AvgIpc) is 3.34. The Morgan fingerprint density at radius 3 is 0.338 bits per heavy atom. The van der Waals surface area contributed by atoms with E-state index in [9.17, 15) is 4.57 Å². The molecule has 0 aliphatic carbocycles. The Balaban J connectivity index is 4.09. The molecule has 0 rings (SSSR count). The molecule has 0 saturated carbocycles. The molecule has 0 N–H and O–H groups in total. The van der Waals surface area contributed by atoms with Crippen molar-refractivity contribution in [2.45, 2.75) is 406 Å². The van der Waals surface area contributed by atoms with E-state index < -0.39 is 7.14 Å². The van der Waals surface area contributed by atoms with Crippen molar-refractivity contribution in [1.82, 2.24) is 0 Å². The third kappa shape index (κ3) is 58.8. The molecule has 0 aromatic carbocycles. The lowest BCUT2D eigenvalue weighted by Gasteiger charge is -2.19. The molecule has 0 aliphatic rings. The van der Waals surface area contributed by atoms with Crippen molar-refractivity contribution in [2.75, 3.05) is 18.5 Å². The Morgan fingerprint density at radius 1 is 0.147 bits per heavy atom. The standard InChI is InChI=1S/C66H135OP/c1-4-7-10-13-16-19-22-25-28-31-34-37-40-43-46-49-52-55-58-61-64-68(67,65-62-59-56-53-50-47-44-41-38-35-32-29-26-23-20-17-14-11-8-5-2)66-63-60-57-54-51-48-45-42-39-36-33-30-27-24-21-18-15-12-9-6-3/h4-66H2,1-3H3. The molecule has 0 bridgehead atoms. The zero-order valence-electron chi connectivity index (χ0n) is 48.4. The summed E-state index contributed by atoms with van der Waals surface area (Å²) in [6.45, 7) is 6.94. The minimum absolute atomic E-state index is 1.06. The second-order valence-electron chi connectivity index (χ2n) is 23.4. The number of hydrogen-bond acceptors (Lipinski definition) is 1. The summed E-state index contributed by atoms with van der Waals surface area (Å²) in [5, 5.41) is 0. The molecule has 2 heteroatoms. The van der Waals surface area contributed by atoms with Crippen molar-refractivity contribution in [3.8, 4) is 0 Å². The minimum Gasteiger partial charge on any atom is -0.324 e. The first-order valence-corrected chi connectivity index (χ1v) is 35.5. The zero-order chi connectivity index (χ0) is 49.0. The summed E-state index contributed by atoms with van der Waals surface area (Å²) in [5.74, 6) is 0. The fourth-order valence-corrected chi connectivity index (χ4v) is 14.4. The van der Waals surface area contributed by atoms with Gasteiger partial charge in [0.25, 0.3) is 0 Å². The molecule has 1 nitrogen and oxygen atoms in total. The molecule has 0 spiro atoms. The van der Waals surface area contributed by atoms with Gasteiger partial charge in [0.2, 0.25) is 0 Å². The van der Waals surface area contributed by atoms with E-state index in [4.69, 9.17) is 0 Å². The quantitative estimate of drug-likeness (QED) is 0.0438. The van der Waals surface area contributed by atoms with E-state index >= 15 is 0 Å². The lowest BCUT2D eigenvalue weighted by molar-refractivity contribution is 0.520. The van der Waals surface area contributed by atoms with Crippen LogP contribution in [0, 0.1) is 0 Å². The van der Waals surface area contributed by atoms with E-state index in [0.717, 1.165) is 18.5 Å². The van der Waals surface area contributed by atoms with Crippen LogP contribution < -0.4 is 0 Å². The molecule has 0 atom stereocenters. The number of rotatable bonds is 63. The zero-order valence-corrected chi connectivity index (χ0v) is 49.3. The van der Waals surface area contributed by atoms with Gasteiger partial charge >= 0.3 is 0 Å². The largest absolute Gasteiger partial charge is 0.324 e. The van der Waals surface area contributed by atoms with E-state index in [1.54, 1.807) is 0 Å². The summed E-state index contributed by atoms with van der Waals surface area (Å²) in [6, 6.07) is 0. The van der Waals surface area contributed by atoms with Crippen molar-refractivity contribution in [1.29, 1.82) is 0 Å². The molecular formula is C66H135OP. The second-order valence-corrected chi connectivity index (χ2v) is 26.8. The molecule has 0 heterocycles. The molecule has 0 aromatic heterocycles. The Kier molecular flexibility index (Phi) is 61.7. The van der Waals surface area contributed by atoms with Crippen molar-refractivity contribution in [3.05, 3.63) is 0 Å². The molecule has 0 radical (unpaired) electrons. The predicted molar refractivity (Wildman–Crippen MR) is 316 cm³/mol. The predicted octanol–water partition coefficient (Wildman–Crippen LogP) is 25.8. The summed E-state index contributed by atoms with van der Waals surface area (Å²) in [7, 11) is -2.00. The fourth-order valence-electron chi connectivity index (χ4n) is 11.3. The van der Waals surface area contributed by atoms with Crippen molar-refractivity contribution >= 4 is 7.14 Å². The summed E-state index contributed by atoms with van der Waals surface area (Å²) in [5.41, 5.74) is 0. The van der Waals surface area contributed by atoms with E-state index in [1.807, 2.05) is 0 Å². The molecule has 410 valence electrons. The van der Waals surface area contributed by atoms with Gasteiger partial charge in [-0.15, -0.1) is 0 Å². The molecular weight excluding hydrogens is 840 g/mol. The molecule has 0 aromatic rings. The smallest absolute Gasteiger partial charge is 0.0877 e. The van der Waals surface area contributed by atoms with E-state index in [1.165, 1.54) is 385 Å². The van der Waals surface area contributed by atoms with Gasteiger partial charge in [-0.2, -0.15) is 0 Å². The lowest BCUT2D eigenvalue weighted by atomic mass is 10.0. The van der Waals surface area contributed by atoms with E-state index in [2.05, 4.69) is 20.8 Å². The maximum absolute atomic E-state index is 14.4. The highest BCUT2D eigenvalue weighted by atomic mass is 31.2. The summed E-state index contributed by atoms with van der Waals surface area (Å²) >= 11 is 0. The first-order valence-electron chi connectivity index (χ1n) is 33.3. The van der Waals surface area contributed by atoms with Crippen LogP contribution in [-0.2, 0) is 4.57 Å². The van der Waals surface area contributed by atoms with Gasteiger partial charge in [0.1, 0.15) is 0 Å². The van der Waals surface area contributed by atoms with Gasteiger partial charge in [-0.25, -0.2) is 0 Å². The topological polar surface area (TPSA) is 17.1 Å². The van der Waals surface area contributed by atoms with Gasteiger partial charge in [-0.1, -0.05) is 387 Å². The van der Waals surface area contributed by atoms with Gasteiger partial charge < -0.3 is 4.57 Å². The summed E-state index contributed by atoms with van der Waals surface area (Å²) in [4.78, 5) is 0. The van der Waals surface area contributed by atoms with Crippen LogP contribution in [0.1, 0.15) is 406 Å². The second kappa shape index (κ2) is 61.5. The number of unbranched alkanes of at least 4 members (excludes halogenated alkanes) is 57. The first-order chi connectivity index (χ1) is 33.7. The van der Waals surface area contributed by atoms with Crippen molar-refractivity contribution in [2.24, 2.45) is 0 Å². The highest BCUT2D eigenvalue weighted by molar-refractivity contribution is 7.63. The first kappa shape index (κ1) is 68.2. The fraction of sp³-hybridized carbons (Fsp3) is 1.00. The van der Waals surface area contributed by atoms with Crippen LogP contribution in [0.5, 0.6) is 0 Å². The highest BCUT2D eigenvalue weighted by Gasteiger charge is 2.20. The summed E-state index contributed by atoms with van der Waals surface area (Å²) in [6.07, 6.45) is 89.0. The minimum atomic E-state index is -2.00. The molecule has 0 unspecified atom stereocenters. The maximum Gasteiger partial charge on any atom is 0.0877 e. The molecule has 0 saturated heterocycles. The monoisotopic (exact) mass is 975 g/mol. The van der Waals surface area contributed by atoms with Crippen LogP contribution in [-0.4, -0.2) is 18.5 Å². The third-order valence-electron chi connectivity index (χ3n) is 16.3. The van der Waals surface area contributed by atoms with E-state index in [-0.39, 0.29) is 0 Å². The van der Waals surface area contributed by atoms with Gasteiger partial charge in [0.05, 0.1) is 7.14 Å². The lowest BCUT2D eigenvalue weighted by Crippen LogP contribution is -2.02. The number of hydrogen-bond donors (Lipinski definition) is 0. The summed E-state index contributed by atoms with van der Waals surface area (Å²) < 4.78 is 14.4. The Bertz CT molecular complexity index is 799. The average molecular weight is 976 g/mol. The molecule has 0 amide bonds. The van der Waals surface area contributed by atoms with Gasteiger partial charge in [-0.3, -0.25) is 0 Å². The van der Waals surface area contributed by atoms with E-state index in [0.29, 0.717) is 0 Å². The van der Waals surface area contributed by atoms with Crippen LogP contribution in [0.15, 0.2) is 0 Å². The Morgan fingerprint density at radius 2 is 0.235 bits per heavy atom. The van der Waals surface area contributed by atoms with Gasteiger partial charge in [0.15, 0.2) is 0 Å². The Hall–Kier alpha value is 0.230. The van der Waals surface area contributed by atoms with Crippen LogP contribution in [0.2, 0.25) is 0 Å². The maximum atomic E-state index is 14.4. The van der Waals surface area contributed by atoms with Crippen molar-refractivity contribution < 1.29 is 4.57 Å². The third-order valence-corrected chi connectivity index (χ3v) is 19.7. The highest BCUT2D eigenvalue weighted by Crippen LogP contribution is 2.48. The normalized spacial score (nSPS) is 12.0. The van der Waals surface area contributed by atoms with Crippen LogP contribution >= 0.6 is 7.14 Å². The van der Waals surface area contributed by atoms with Gasteiger partial charge in [0, 0.05) is 18.5 Å². The van der Waals surface area contributed by atoms with Crippen LogP contribution in [0.4, 0.5) is 0 Å². The molecule has 0 fully saturated rings. The van der Waals surface area contributed by atoms with Crippen LogP contribution in [0.3, 0.4) is 0 Å². The molecule has 0 aliphatic heterocycles. The SMILES string of the molecule is CCCCCCCCCCCCCCCCCCCCCCP(=O)(CCCCCCCCCCCCCCCCCCCCCC)CCCCCCCCCCCCCCCCCCCCCC.